The number of nitrogens with zero attached hydrogens (tertiary/aromatic N) is 1. The molecule has 0 unspecified atom stereocenters. The van der Waals surface area contributed by atoms with E-state index in [1.807, 2.05) is 36.4 Å². The summed E-state index contributed by atoms with van der Waals surface area (Å²) < 4.78 is 10.6. The number of furan rings is 1. The molecule has 5 heteroatoms. The molecule has 1 amide bonds. The van der Waals surface area contributed by atoms with Crippen LogP contribution < -0.4 is 10.1 Å². The van der Waals surface area contributed by atoms with E-state index in [4.69, 9.17) is 9.15 Å². The summed E-state index contributed by atoms with van der Waals surface area (Å²) in [6.45, 7) is 0. The molecule has 0 fully saturated rings. The van der Waals surface area contributed by atoms with Crippen LogP contribution >= 0.6 is 0 Å². The number of para-hydroxylation sites is 1. The van der Waals surface area contributed by atoms with Crippen molar-refractivity contribution in [2.45, 2.75) is 12.8 Å². The average molecular weight is 296 g/mol. The second kappa shape index (κ2) is 6.30. The number of benzene rings is 1. The lowest BCUT2D eigenvalue weighted by molar-refractivity contribution is -0.115. The van der Waals surface area contributed by atoms with Gasteiger partial charge in [-0.15, -0.1) is 0 Å². The average Bonchev–Trinajstić information content (AvgIpc) is 3.16. The van der Waals surface area contributed by atoms with Crippen LogP contribution in [0.3, 0.4) is 0 Å². The zero-order chi connectivity index (χ0) is 15.4. The van der Waals surface area contributed by atoms with Crippen LogP contribution in [0.2, 0.25) is 0 Å². The molecule has 2 heterocycles. The van der Waals surface area contributed by atoms with Crippen molar-refractivity contribution in [2.24, 2.45) is 4.99 Å². The predicted molar refractivity (Wildman–Crippen MR) is 83.6 cm³/mol. The maximum Gasteiger partial charge on any atom is 0.275 e. The minimum Gasteiger partial charge on any atom is -0.496 e. The number of aryl methyl sites for hydroxylation is 1. The first-order valence-electron chi connectivity index (χ1n) is 7.02. The molecule has 0 saturated heterocycles. The quantitative estimate of drug-likeness (QED) is 0.863. The number of aliphatic imine (C=N–C) groups is 1. The summed E-state index contributed by atoms with van der Waals surface area (Å²) >= 11 is 0. The number of carbonyl (C=O) groups is 1. The fourth-order valence-corrected chi connectivity index (χ4v) is 2.26. The van der Waals surface area contributed by atoms with Gasteiger partial charge < -0.3 is 14.5 Å². The molecule has 1 N–H and O–H groups in total. The van der Waals surface area contributed by atoms with Gasteiger partial charge in [-0.05, 0) is 24.3 Å². The molecule has 2 aromatic rings. The van der Waals surface area contributed by atoms with Crippen molar-refractivity contribution in [3.8, 4) is 5.75 Å². The lowest BCUT2D eigenvalue weighted by Gasteiger charge is -2.03. The SMILES string of the molecule is COc1ccccc1/C=C1/N=C(CCc2ccco2)NC1=O. The fourth-order valence-electron chi connectivity index (χ4n) is 2.26. The van der Waals surface area contributed by atoms with E-state index >= 15 is 0 Å². The topological polar surface area (TPSA) is 63.8 Å². The van der Waals surface area contributed by atoms with Crippen molar-refractivity contribution < 1.29 is 13.9 Å². The molecular weight excluding hydrogens is 280 g/mol. The van der Waals surface area contributed by atoms with Crippen molar-refractivity contribution in [3.05, 3.63) is 59.7 Å². The third-order valence-corrected chi connectivity index (χ3v) is 3.37. The van der Waals surface area contributed by atoms with Crippen LogP contribution in [0.4, 0.5) is 0 Å². The number of carbonyl (C=O) groups excluding carboxylic acids is 1. The molecule has 0 atom stereocenters. The standard InChI is InChI=1S/C17H16N2O3/c1-21-15-7-3-2-5-12(15)11-14-17(20)19-16(18-14)9-8-13-6-4-10-22-13/h2-7,10-11H,8-9H2,1H3,(H,18,19,20)/b14-11+. The number of hydrogen-bond acceptors (Lipinski definition) is 4. The Morgan fingerprint density at radius 3 is 2.86 bits per heavy atom. The molecule has 0 radical (unpaired) electrons. The smallest absolute Gasteiger partial charge is 0.275 e. The zero-order valence-electron chi connectivity index (χ0n) is 12.2. The third kappa shape index (κ3) is 3.09. The Bertz CT molecular complexity index is 730. The number of nitrogens with one attached hydrogen (secondary N) is 1. The largest absolute Gasteiger partial charge is 0.496 e. The van der Waals surface area contributed by atoms with Gasteiger partial charge in [-0.25, -0.2) is 4.99 Å². The van der Waals surface area contributed by atoms with E-state index in [2.05, 4.69) is 10.3 Å². The first-order valence-corrected chi connectivity index (χ1v) is 7.02. The second-order valence-electron chi connectivity index (χ2n) is 4.86. The number of ether oxygens (including phenoxy) is 1. The molecular formula is C17H16N2O3. The summed E-state index contributed by atoms with van der Waals surface area (Å²) in [7, 11) is 1.60. The monoisotopic (exact) mass is 296 g/mol. The molecule has 0 saturated carbocycles. The molecule has 1 aliphatic heterocycles. The van der Waals surface area contributed by atoms with Gasteiger partial charge in [-0.3, -0.25) is 4.79 Å². The number of rotatable bonds is 5. The van der Waals surface area contributed by atoms with Crippen LogP contribution in [0.25, 0.3) is 6.08 Å². The predicted octanol–water partition coefficient (Wildman–Crippen LogP) is 2.79. The van der Waals surface area contributed by atoms with Gasteiger partial charge in [-0.2, -0.15) is 0 Å². The van der Waals surface area contributed by atoms with E-state index in [0.717, 1.165) is 11.3 Å². The van der Waals surface area contributed by atoms with Crippen LogP contribution in [0, 0.1) is 0 Å². The molecule has 1 aliphatic rings. The lowest BCUT2D eigenvalue weighted by Crippen LogP contribution is -2.24. The van der Waals surface area contributed by atoms with E-state index in [-0.39, 0.29) is 5.91 Å². The first kappa shape index (κ1) is 14.1. The molecule has 5 nitrogen and oxygen atoms in total. The number of hydrogen-bond donors (Lipinski definition) is 1. The molecule has 3 rings (SSSR count). The Kier molecular flexibility index (Phi) is 4.05. The van der Waals surface area contributed by atoms with E-state index in [0.29, 0.717) is 30.1 Å². The maximum atomic E-state index is 12.0. The minimum absolute atomic E-state index is 0.194. The van der Waals surface area contributed by atoms with Crippen molar-refractivity contribution >= 4 is 17.8 Å². The number of methoxy groups -OCH3 is 1. The van der Waals surface area contributed by atoms with Crippen LogP contribution in [0.15, 0.2) is 57.8 Å². The highest BCUT2D eigenvalue weighted by Crippen LogP contribution is 2.22. The summed E-state index contributed by atoms with van der Waals surface area (Å²) in [5.74, 6) is 2.05. The summed E-state index contributed by atoms with van der Waals surface area (Å²) in [6, 6.07) is 11.3. The van der Waals surface area contributed by atoms with E-state index in [1.54, 1.807) is 19.4 Å². The van der Waals surface area contributed by atoms with Crippen LogP contribution in [-0.4, -0.2) is 18.9 Å². The highest BCUT2D eigenvalue weighted by molar-refractivity contribution is 6.14. The van der Waals surface area contributed by atoms with Gasteiger partial charge in [0, 0.05) is 18.4 Å². The molecule has 1 aromatic heterocycles. The van der Waals surface area contributed by atoms with Crippen molar-refractivity contribution in [1.29, 1.82) is 0 Å². The lowest BCUT2D eigenvalue weighted by atomic mass is 10.1. The van der Waals surface area contributed by atoms with Gasteiger partial charge in [0.15, 0.2) is 0 Å². The van der Waals surface area contributed by atoms with E-state index < -0.39 is 0 Å². The van der Waals surface area contributed by atoms with Crippen molar-refractivity contribution in [2.75, 3.05) is 7.11 Å². The molecule has 0 bridgehead atoms. The first-order chi connectivity index (χ1) is 10.8. The second-order valence-corrected chi connectivity index (χ2v) is 4.86. The molecule has 0 aliphatic carbocycles. The third-order valence-electron chi connectivity index (χ3n) is 3.37. The Morgan fingerprint density at radius 2 is 2.09 bits per heavy atom. The van der Waals surface area contributed by atoms with E-state index in [1.165, 1.54) is 0 Å². The Labute approximate surface area is 128 Å². The highest BCUT2D eigenvalue weighted by Gasteiger charge is 2.20. The van der Waals surface area contributed by atoms with Crippen LogP contribution in [0.5, 0.6) is 5.75 Å². The van der Waals surface area contributed by atoms with Gasteiger partial charge in [0.05, 0.1) is 13.4 Å². The Balaban J connectivity index is 1.76. The maximum absolute atomic E-state index is 12.0. The Morgan fingerprint density at radius 1 is 1.23 bits per heavy atom. The van der Waals surface area contributed by atoms with E-state index in [9.17, 15) is 4.79 Å². The summed E-state index contributed by atoms with van der Waals surface area (Å²) in [4.78, 5) is 16.4. The number of amides is 1. The molecule has 0 spiro atoms. The number of amidine groups is 1. The highest BCUT2D eigenvalue weighted by atomic mass is 16.5. The van der Waals surface area contributed by atoms with Crippen molar-refractivity contribution in [1.82, 2.24) is 5.32 Å². The fraction of sp³-hybridized carbons (Fsp3) is 0.176. The van der Waals surface area contributed by atoms with Gasteiger partial charge in [0.2, 0.25) is 0 Å². The van der Waals surface area contributed by atoms with Gasteiger partial charge in [0.25, 0.3) is 5.91 Å². The molecule has 22 heavy (non-hydrogen) atoms. The molecule has 1 aromatic carbocycles. The van der Waals surface area contributed by atoms with Gasteiger partial charge in [0.1, 0.15) is 23.0 Å². The van der Waals surface area contributed by atoms with Gasteiger partial charge in [-0.1, -0.05) is 18.2 Å². The van der Waals surface area contributed by atoms with Crippen LogP contribution in [0.1, 0.15) is 17.7 Å². The van der Waals surface area contributed by atoms with Gasteiger partial charge >= 0.3 is 0 Å². The Hall–Kier alpha value is -2.82. The zero-order valence-corrected chi connectivity index (χ0v) is 12.2. The van der Waals surface area contributed by atoms with Crippen molar-refractivity contribution in [3.63, 3.8) is 0 Å². The summed E-state index contributed by atoms with van der Waals surface area (Å²) in [6.07, 6.45) is 4.70. The normalized spacial score (nSPS) is 15.8. The summed E-state index contributed by atoms with van der Waals surface area (Å²) in [5, 5.41) is 2.78. The molecule has 112 valence electrons. The van der Waals surface area contributed by atoms with Crippen LogP contribution in [-0.2, 0) is 11.2 Å². The summed E-state index contributed by atoms with van der Waals surface area (Å²) in [5.41, 5.74) is 1.21. The minimum atomic E-state index is -0.194.